The van der Waals surface area contributed by atoms with Gasteiger partial charge in [-0.2, -0.15) is 0 Å². The lowest BCUT2D eigenvalue weighted by atomic mass is 10.0. The number of hydrogen-bond donors (Lipinski definition) is 1. The van der Waals surface area contributed by atoms with Crippen molar-refractivity contribution in [2.24, 2.45) is 0 Å². The number of nitrogens with zero attached hydrogens (tertiary/aromatic N) is 2. The number of nitrogens with one attached hydrogen (secondary N) is 1. The summed E-state index contributed by atoms with van der Waals surface area (Å²) in [4.78, 5) is 28.6. The number of carbonyl (C=O) groups is 2. The van der Waals surface area contributed by atoms with Crippen LogP contribution in [0.25, 0.3) is 0 Å². The Morgan fingerprint density at radius 3 is 2.88 bits per heavy atom. The first kappa shape index (κ1) is 17.2. The van der Waals surface area contributed by atoms with Gasteiger partial charge in [0.2, 0.25) is 11.8 Å². The van der Waals surface area contributed by atoms with Gasteiger partial charge in [-0.3, -0.25) is 9.59 Å². The van der Waals surface area contributed by atoms with Crippen molar-refractivity contribution >= 4 is 23.4 Å². The zero-order valence-electron chi connectivity index (χ0n) is 13.8. The minimum absolute atomic E-state index is 0.0108. The number of hydrogen-bond acceptors (Lipinski definition) is 3. The summed E-state index contributed by atoms with van der Waals surface area (Å²) in [6.45, 7) is 2.95. The van der Waals surface area contributed by atoms with E-state index in [1.165, 1.54) is 0 Å². The molecule has 24 heavy (non-hydrogen) atoms. The molecule has 2 fully saturated rings. The van der Waals surface area contributed by atoms with Crippen molar-refractivity contribution < 1.29 is 9.59 Å². The molecule has 5 nitrogen and oxygen atoms in total. The van der Waals surface area contributed by atoms with E-state index in [1.54, 1.807) is 4.90 Å². The van der Waals surface area contributed by atoms with Crippen molar-refractivity contribution in [3.05, 3.63) is 34.9 Å². The van der Waals surface area contributed by atoms with Crippen LogP contribution in [0.4, 0.5) is 0 Å². The molecule has 0 saturated carbocycles. The molecular weight excluding hydrogens is 326 g/mol. The maximum atomic E-state index is 12.9. The van der Waals surface area contributed by atoms with Crippen LogP contribution in [-0.2, 0) is 9.59 Å². The van der Waals surface area contributed by atoms with Gasteiger partial charge in [0.05, 0.1) is 12.6 Å². The van der Waals surface area contributed by atoms with Crippen LogP contribution < -0.4 is 5.32 Å². The van der Waals surface area contributed by atoms with Crippen LogP contribution in [0.15, 0.2) is 24.3 Å². The van der Waals surface area contributed by atoms with Crippen LogP contribution >= 0.6 is 11.6 Å². The Kier molecular flexibility index (Phi) is 5.74. The van der Waals surface area contributed by atoms with Gasteiger partial charge in [-0.15, -0.1) is 0 Å². The largest absolute Gasteiger partial charge is 0.333 e. The Morgan fingerprint density at radius 1 is 1.21 bits per heavy atom. The zero-order valence-corrected chi connectivity index (χ0v) is 14.6. The highest BCUT2D eigenvalue weighted by molar-refractivity contribution is 6.31. The fraction of sp³-hybridized carbons (Fsp3) is 0.556. The fourth-order valence-corrected chi connectivity index (χ4v) is 3.75. The smallest absolute Gasteiger partial charge is 0.242 e. The first-order valence-electron chi connectivity index (χ1n) is 8.69. The molecule has 2 amide bonds. The van der Waals surface area contributed by atoms with Crippen molar-refractivity contribution in [2.75, 3.05) is 32.7 Å². The molecule has 1 aromatic rings. The average molecular weight is 350 g/mol. The lowest BCUT2D eigenvalue weighted by Crippen LogP contribution is -2.52. The number of carbonyl (C=O) groups excluding carboxylic acids is 2. The Labute approximate surface area is 147 Å². The fourth-order valence-electron chi connectivity index (χ4n) is 3.49. The van der Waals surface area contributed by atoms with Crippen molar-refractivity contribution in [3.8, 4) is 0 Å². The van der Waals surface area contributed by atoms with E-state index in [0.29, 0.717) is 31.1 Å². The third-order valence-corrected chi connectivity index (χ3v) is 5.17. The summed E-state index contributed by atoms with van der Waals surface area (Å²) in [5, 5.41) is 4.01. The molecule has 6 heteroatoms. The lowest BCUT2D eigenvalue weighted by molar-refractivity contribution is -0.142. The van der Waals surface area contributed by atoms with Gasteiger partial charge >= 0.3 is 0 Å². The molecule has 1 N–H and O–H groups in total. The Hall–Kier alpha value is -1.59. The second kappa shape index (κ2) is 7.99. The van der Waals surface area contributed by atoms with Gasteiger partial charge in [-0.05, 0) is 24.5 Å². The third-order valence-electron chi connectivity index (χ3n) is 4.83. The highest BCUT2D eigenvalue weighted by Crippen LogP contribution is 2.28. The molecule has 2 heterocycles. The number of halogens is 1. The SMILES string of the molecule is O=C1CCCCCN1CC(=O)N1CCNCC1c1ccccc1Cl. The van der Waals surface area contributed by atoms with Gasteiger partial charge in [-0.1, -0.05) is 36.2 Å². The van der Waals surface area contributed by atoms with Gasteiger partial charge in [0.1, 0.15) is 0 Å². The first-order chi connectivity index (χ1) is 11.7. The van der Waals surface area contributed by atoms with Gasteiger partial charge in [0, 0.05) is 37.6 Å². The molecular formula is C18H24ClN3O2. The van der Waals surface area contributed by atoms with E-state index in [1.807, 2.05) is 29.2 Å². The van der Waals surface area contributed by atoms with Crippen molar-refractivity contribution in [1.82, 2.24) is 15.1 Å². The minimum Gasteiger partial charge on any atom is -0.333 e. The Balaban J connectivity index is 1.74. The maximum Gasteiger partial charge on any atom is 0.242 e. The minimum atomic E-state index is -0.0815. The molecule has 1 unspecified atom stereocenters. The molecule has 1 aromatic carbocycles. The van der Waals surface area contributed by atoms with Crippen molar-refractivity contribution in [3.63, 3.8) is 0 Å². The summed E-state index contributed by atoms with van der Waals surface area (Å²) in [5.41, 5.74) is 0.960. The van der Waals surface area contributed by atoms with E-state index in [-0.39, 0.29) is 24.4 Å². The summed E-state index contributed by atoms with van der Waals surface area (Å²) in [7, 11) is 0. The van der Waals surface area contributed by atoms with Crippen LogP contribution in [0.2, 0.25) is 5.02 Å². The summed E-state index contributed by atoms with van der Waals surface area (Å²) >= 11 is 6.33. The lowest BCUT2D eigenvalue weighted by Gasteiger charge is -2.38. The van der Waals surface area contributed by atoms with E-state index >= 15 is 0 Å². The average Bonchev–Trinajstić information content (AvgIpc) is 2.80. The highest BCUT2D eigenvalue weighted by Gasteiger charge is 2.31. The molecule has 2 aliphatic rings. The highest BCUT2D eigenvalue weighted by atomic mass is 35.5. The van der Waals surface area contributed by atoms with E-state index in [9.17, 15) is 9.59 Å². The van der Waals surface area contributed by atoms with E-state index in [4.69, 9.17) is 11.6 Å². The monoisotopic (exact) mass is 349 g/mol. The molecule has 1 atom stereocenters. The van der Waals surface area contributed by atoms with E-state index < -0.39 is 0 Å². The predicted octanol–water partition coefficient (Wildman–Crippen LogP) is 2.22. The molecule has 2 aliphatic heterocycles. The normalized spacial score (nSPS) is 22.4. The predicted molar refractivity (Wildman–Crippen MR) is 93.8 cm³/mol. The van der Waals surface area contributed by atoms with E-state index in [2.05, 4.69) is 5.32 Å². The molecule has 0 spiro atoms. The second-order valence-electron chi connectivity index (χ2n) is 6.45. The number of benzene rings is 1. The molecule has 0 bridgehead atoms. The van der Waals surface area contributed by atoms with Gasteiger partial charge in [0.15, 0.2) is 0 Å². The van der Waals surface area contributed by atoms with Gasteiger partial charge in [0.25, 0.3) is 0 Å². The van der Waals surface area contributed by atoms with Crippen LogP contribution in [0, 0.1) is 0 Å². The molecule has 130 valence electrons. The van der Waals surface area contributed by atoms with Crippen LogP contribution in [-0.4, -0.2) is 54.3 Å². The molecule has 2 saturated heterocycles. The quantitative estimate of drug-likeness (QED) is 0.910. The van der Waals surface area contributed by atoms with Gasteiger partial charge < -0.3 is 15.1 Å². The molecule has 0 radical (unpaired) electrons. The molecule has 3 rings (SSSR count). The zero-order chi connectivity index (χ0) is 16.9. The topological polar surface area (TPSA) is 52.7 Å². The Bertz CT molecular complexity index is 608. The summed E-state index contributed by atoms with van der Waals surface area (Å²) in [6.07, 6.45) is 3.53. The number of likely N-dealkylation sites (tertiary alicyclic amines) is 1. The van der Waals surface area contributed by atoms with Crippen molar-refractivity contribution in [2.45, 2.75) is 31.7 Å². The number of amides is 2. The van der Waals surface area contributed by atoms with Crippen molar-refractivity contribution in [1.29, 1.82) is 0 Å². The standard InChI is InChI=1S/C18H24ClN3O2/c19-15-7-4-3-6-14(15)16-12-20-9-11-22(16)18(24)13-21-10-5-1-2-8-17(21)23/h3-4,6-7,16,20H,1-2,5,8-13H2. The molecule has 0 aliphatic carbocycles. The first-order valence-corrected chi connectivity index (χ1v) is 9.07. The summed E-state index contributed by atoms with van der Waals surface area (Å²) < 4.78 is 0. The number of piperazine rings is 1. The van der Waals surface area contributed by atoms with Crippen LogP contribution in [0.1, 0.15) is 37.3 Å². The summed E-state index contributed by atoms with van der Waals surface area (Å²) in [5.74, 6) is 0.113. The number of rotatable bonds is 3. The third kappa shape index (κ3) is 3.90. The maximum absolute atomic E-state index is 12.9. The van der Waals surface area contributed by atoms with Gasteiger partial charge in [-0.25, -0.2) is 0 Å². The van der Waals surface area contributed by atoms with Crippen LogP contribution in [0.5, 0.6) is 0 Å². The molecule has 0 aromatic heterocycles. The Morgan fingerprint density at radius 2 is 2.04 bits per heavy atom. The van der Waals surface area contributed by atoms with E-state index in [0.717, 1.165) is 31.4 Å². The summed E-state index contributed by atoms with van der Waals surface area (Å²) in [6, 6.07) is 7.58. The van der Waals surface area contributed by atoms with Crippen LogP contribution in [0.3, 0.4) is 0 Å². The second-order valence-corrected chi connectivity index (χ2v) is 6.86.